The van der Waals surface area contributed by atoms with E-state index in [1.807, 2.05) is 0 Å². The molecule has 3 aromatic rings. The van der Waals surface area contributed by atoms with E-state index in [0.717, 1.165) is 19.0 Å². The molecule has 8 heteroatoms. The van der Waals surface area contributed by atoms with E-state index in [1.165, 1.54) is 71.8 Å². The van der Waals surface area contributed by atoms with Gasteiger partial charge in [0.25, 0.3) is 5.56 Å². The van der Waals surface area contributed by atoms with Crippen molar-refractivity contribution in [2.75, 3.05) is 42.9 Å². The lowest BCUT2D eigenvalue weighted by molar-refractivity contribution is 0.248. The molecule has 1 N–H and O–H groups in total. The van der Waals surface area contributed by atoms with Gasteiger partial charge in [0.15, 0.2) is 0 Å². The molecule has 0 bridgehead atoms. The number of aromatic nitrogens is 3. The van der Waals surface area contributed by atoms with Crippen LogP contribution in [0.25, 0.3) is 4.96 Å². The topological polar surface area (TPSA) is 65.8 Å². The van der Waals surface area contributed by atoms with Crippen LogP contribution in [-0.4, -0.2) is 52.2 Å². The van der Waals surface area contributed by atoms with Crippen molar-refractivity contribution in [2.24, 2.45) is 5.92 Å². The highest BCUT2D eigenvalue weighted by Crippen LogP contribution is 2.30. The average Bonchev–Trinajstić information content (AvgIpc) is 3.43. The third-order valence-electron chi connectivity index (χ3n) is 5.50. The van der Waals surface area contributed by atoms with Crippen LogP contribution < -0.4 is 15.8 Å². The summed E-state index contributed by atoms with van der Waals surface area (Å²) in [7, 11) is 0. The highest BCUT2D eigenvalue weighted by atomic mass is 32.1. The summed E-state index contributed by atoms with van der Waals surface area (Å²) in [6.45, 7) is 6.53. The van der Waals surface area contributed by atoms with Crippen LogP contribution in [0.3, 0.4) is 0 Å². The molecule has 146 valence electrons. The van der Waals surface area contributed by atoms with Gasteiger partial charge in [-0.25, -0.2) is 4.98 Å². The van der Waals surface area contributed by atoms with Crippen LogP contribution in [0.1, 0.15) is 18.4 Å². The summed E-state index contributed by atoms with van der Waals surface area (Å²) in [5.74, 6) is 0.975. The monoisotopic (exact) mass is 396 g/mol. The van der Waals surface area contributed by atoms with E-state index < -0.39 is 0 Å². The Balaban J connectivity index is 1.17. The zero-order valence-corrected chi connectivity index (χ0v) is 16.6. The van der Waals surface area contributed by atoms with Crippen LogP contribution in [0.4, 0.5) is 10.8 Å². The number of nitrogens with zero attached hydrogens (tertiary/aromatic N) is 5. The van der Waals surface area contributed by atoms with Crippen LogP contribution in [-0.2, 0) is 6.54 Å². The quantitative estimate of drug-likeness (QED) is 0.690. The van der Waals surface area contributed by atoms with E-state index in [2.05, 4.69) is 49.5 Å². The molecule has 2 aliphatic rings. The third kappa shape index (κ3) is 3.88. The van der Waals surface area contributed by atoms with Crippen molar-refractivity contribution >= 4 is 27.1 Å². The first kappa shape index (κ1) is 17.6. The fraction of sp³-hybridized carbons (Fsp3) is 0.450. The molecule has 2 aromatic heterocycles. The summed E-state index contributed by atoms with van der Waals surface area (Å²) in [5.41, 5.74) is 2.33. The number of hydrogen-bond donors (Lipinski definition) is 1. The number of fused-ring (bicyclic) bond motifs is 1. The van der Waals surface area contributed by atoms with Crippen LogP contribution in [0, 0.1) is 5.92 Å². The van der Waals surface area contributed by atoms with Crippen LogP contribution >= 0.6 is 11.3 Å². The molecule has 7 nitrogen and oxygen atoms in total. The molecule has 1 aromatic carbocycles. The molecule has 1 saturated heterocycles. The van der Waals surface area contributed by atoms with E-state index in [4.69, 9.17) is 0 Å². The molecule has 1 aliphatic carbocycles. The van der Waals surface area contributed by atoms with Crippen LogP contribution in [0.15, 0.2) is 41.3 Å². The fourth-order valence-electron chi connectivity index (χ4n) is 3.67. The van der Waals surface area contributed by atoms with Gasteiger partial charge in [0, 0.05) is 57.2 Å². The second-order valence-corrected chi connectivity index (χ2v) is 8.59. The Hall–Kier alpha value is -2.45. The minimum atomic E-state index is -0.157. The Morgan fingerprint density at radius 3 is 2.57 bits per heavy atom. The van der Waals surface area contributed by atoms with Crippen LogP contribution in [0.5, 0.6) is 0 Å². The first-order chi connectivity index (χ1) is 13.7. The molecule has 0 unspecified atom stereocenters. The molecule has 0 atom stereocenters. The van der Waals surface area contributed by atoms with E-state index in [0.29, 0.717) is 16.6 Å². The predicted octanol–water partition coefficient (Wildman–Crippen LogP) is 2.30. The van der Waals surface area contributed by atoms with Crippen molar-refractivity contribution in [3.05, 3.63) is 52.4 Å². The summed E-state index contributed by atoms with van der Waals surface area (Å²) in [5, 5.41) is 8.28. The predicted molar refractivity (Wildman–Crippen MR) is 112 cm³/mol. The zero-order chi connectivity index (χ0) is 18.9. The summed E-state index contributed by atoms with van der Waals surface area (Å²) < 4.78 is 1.33. The van der Waals surface area contributed by atoms with Crippen molar-refractivity contribution in [1.29, 1.82) is 0 Å². The Morgan fingerprint density at radius 1 is 1.07 bits per heavy atom. The smallest absolute Gasteiger partial charge is 0.275 e. The van der Waals surface area contributed by atoms with Gasteiger partial charge in [-0.2, -0.15) is 4.52 Å². The molecule has 0 amide bonds. The van der Waals surface area contributed by atoms with E-state index >= 15 is 0 Å². The number of hydrogen-bond acceptors (Lipinski definition) is 7. The lowest BCUT2D eigenvalue weighted by Gasteiger charge is -2.36. The van der Waals surface area contributed by atoms with Gasteiger partial charge in [0.2, 0.25) is 10.1 Å². The first-order valence-corrected chi connectivity index (χ1v) is 10.7. The van der Waals surface area contributed by atoms with Gasteiger partial charge in [-0.1, -0.05) is 23.5 Å². The average molecular weight is 397 g/mol. The maximum atomic E-state index is 11.8. The molecular weight excluding hydrogens is 372 g/mol. The molecular formula is C20H24N6OS. The number of nitrogens with one attached hydrogen (secondary N) is 1. The number of anilines is 2. The Kier molecular flexibility index (Phi) is 4.74. The highest BCUT2D eigenvalue weighted by Gasteiger charge is 2.26. The SMILES string of the molecule is O=c1ccnc2sc(NCc3ccc(N4CCN(CC5CC5)CC4)cc3)nn12. The fourth-order valence-corrected chi connectivity index (χ4v) is 4.44. The number of benzene rings is 1. The lowest BCUT2D eigenvalue weighted by atomic mass is 10.1. The highest BCUT2D eigenvalue weighted by molar-refractivity contribution is 7.20. The van der Waals surface area contributed by atoms with Crippen molar-refractivity contribution < 1.29 is 0 Å². The lowest BCUT2D eigenvalue weighted by Crippen LogP contribution is -2.47. The third-order valence-corrected chi connectivity index (χ3v) is 6.38. The zero-order valence-electron chi connectivity index (χ0n) is 15.8. The second kappa shape index (κ2) is 7.52. The molecule has 1 saturated carbocycles. The van der Waals surface area contributed by atoms with Gasteiger partial charge in [-0.05, 0) is 36.5 Å². The summed E-state index contributed by atoms with van der Waals surface area (Å²) in [4.78, 5) is 21.6. The molecule has 5 rings (SSSR count). The summed E-state index contributed by atoms with van der Waals surface area (Å²) in [6, 6.07) is 10.2. The Labute approximate surface area is 167 Å². The number of rotatable bonds is 6. The van der Waals surface area contributed by atoms with Gasteiger partial charge < -0.3 is 10.2 Å². The minimum Gasteiger partial charge on any atom is -0.369 e. The Morgan fingerprint density at radius 2 is 1.86 bits per heavy atom. The van der Waals surface area contributed by atoms with E-state index in [-0.39, 0.29) is 5.56 Å². The molecule has 3 heterocycles. The minimum absolute atomic E-state index is 0.157. The number of piperazine rings is 1. The van der Waals surface area contributed by atoms with Gasteiger partial charge in [-0.15, -0.1) is 5.10 Å². The van der Waals surface area contributed by atoms with Gasteiger partial charge in [-0.3, -0.25) is 9.69 Å². The van der Waals surface area contributed by atoms with Crippen molar-refractivity contribution in [2.45, 2.75) is 19.4 Å². The van der Waals surface area contributed by atoms with E-state index in [9.17, 15) is 4.79 Å². The van der Waals surface area contributed by atoms with Gasteiger partial charge in [0.1, 0.15) is 0 Å². The van der Waals surface area contributed by atoms with Gasteiger partial charge >= 0.3 is 0 Å². The largest absolute Gasteiger partial charge is 0.369 e. The summed E-state index contributed by atoms with van der Waals surface area (Å²) >= 11 is 1.38. The normalized spacial score (nSPS) is 17.9. The van der Waals surface area contributed by atoms with Crippen molar-refractivity contribution in [1.82, 2.24) is 19.5 Å². The molecule has 0 radical (unpaired) electrons. The summed E-state index contributed by atoms with van der Waals surface area (Å²) in [6.07, 6.45) is 4.38. The maximum Gasteiger partial charge on any atom is 0.275 e. The maximum absolute atomic E-state index is 11.8. The second-order valence-electron chi connectivity index (χ2n) is 7.64. The van der Waals surface area contributed by atoms with Crippen molar-refractivity contribution in [3.63, 3.8) is 0 Å². The molecule has 0 spiro atoms. The van der Waals surface area contributed by atoms with Crippen molar-refractivity contribution in [3.8, 4) is 0 Å². The first-order valence-electron chi connectivity index (χ1n) is 9.89. The molecule has 2 fully saturated rings. The van der Waals surface area contributed by atoms with Gasteiger partial charge in [0.05, 0.1) is 0 Å². The Bertz CT molecular complexity index is 1000. The molecule has 28 heavy (non-hydrogen) atoms. The standard InChI is InChI=1S/C20H24N6OS/c27-18-7-8-21-20-26(18)23-19(28-20)22-13-15-3-5-17(6-4-15)25-11-9-24(10-12-25)14-16-1-2-16/h3-8,16H,1-2,9-14H2,(H,22,23). The van der Waals surface area contributed by atoms with Crippen LogP contribution in [0.2, 0.25) is 0 Å². The van der Waals surface area contributed by atoms with E-state index in [1.54, 1.807) is 0 Å². The molecule has 1 aliphatic heterocycles.